The molecule has 3 aromatic heterocycles. The number of aromatic hydroxyl groups is 5. The Bertz CT molecular complexity index is 3060. The zero-order valence-corrected chi connectivity index (χ0v) is 27.3. The first-order valence-corrected chi connectivity index (χ1v) is 17.0. The predicted octanol–water partition coefficient (Wildman–Crippen LogP) is 10.1. The van der Waals surface area contributed by atoms with Gasteiger partial charge in [0.2, 0.25) is 17.2 Å². The Hall–Kier alpha value is -6.84. The van der Waals surface area contributed by atoms with Crippen LogP contribution >= 0.6 is 11.3 Å². The smallest absolute Gasteiger partial charge is 0.208 e. The highest BCUT2D eigenvalue weighted by Crippen LogP contribution is 2.55. The van der Waals surface area contributed by atoms with Crippen LogP contribution in [-0.4, -0.2) is 40.1 Å². The van der Waals surface area contributed by atoms with Gasteiger partial charge in [0.25, 0.3) is 0 Å². The third kappa shape index (κ3) is 4.00. The average molecular weight is 684 g/mol. The Kier molecular flexibility index (Phi) is 6.04. The van der Waals surface area contributed by atoms with Crippen molar-refractivity contribution in [2.45, 2.75) is 0 Å². The van der Waals surface area contributed by atoms with Gasteiger partial charge < -0.3 is 30.1 Å². The number of hydrogen-bond acceptors (Lipinski definition) is 8. The Morgan fingerprint density at radius 3 is 1.82 bits per heavy atom. The third-order valence-electron chi connectivity index (χ3n) is 9.74. The monoisotopic (exact) mass is 683 g/mol. The SMILES string of the molecule is Oc1c(O)c(O)c(-c2nc(-c3ccc(-n4c5ccccc5c5c6sc7ccccc7c6c6ccccc6c54)cc3)nc3ccccc23)c(O)c1O. The molecular weight excluding hydrogens is 659 g/mol. The van der Waals surface area contributed by atoms with Crippen LogP contribution in [0.1, 0.15) is 0 Å². The van der Waals surface area contributed by atoms with E-state index in [0.29, 0.717) is 22.3 Å². The number of phenols is 5. The molecule has 0 amide bonds. The molecule has 51 heavy (non-hydrogen) atoms. The Labute approximate surface area is 292 Å². The number of aromatic nitrogens is 3. The summed E-state index contributed by atoms with van der Waals surface area (Å²) in [6, 6.07) is 40.6. The average Bonchev–Trinajstić information content (AvgIpc) is 3.73. The van der Waals surface area contributed by atoms with Gasteiger partial charge in [0.1, 0.15) is 0 Å². The van der Waals surface area contributed by atoms with Crippen molar-refractivity contribution in [3.05, 3.63) is 121 Å². The minimum Gasteiger partial charge on any atom is -0.504 e. The van der Waals surface area contributed by atoms with Gasteiger partial charge in [-0.15, -0.1) is 11.3 Å². The molecule has 5 N–H and O–H groups in total. The summed E-state index contributed by atoms with van der Waals surface area (Å²) in [4.78, 5) is 9.51. The van der Waals surface area contributed by atoms with Crippen molar-refractivity contribution >= 4 is 75.0 Å². The number of thiophene rings is 1. The highest BCUT2D eigenvalue weighted by Gasteiger charge is 2.27. The maximum Gasteiger partial charge on any atom is 0.208 e. The Morgan fingerprint density at radius 2 is 1.08 bits per heavy atom. The lowest BCUT2D eigenvalue weighted by molar-refractivity contribution is 0.330. The molecule has 9 heteroatoms. The maximum absolute atomic E-state index is 10.8. The zero-order chi connectivity index (χ0) is 34.5. The molecule has 10 aromatic rings. The van der Waals surface area contributed by atoms with Gasteiger partial charge in [0.05, 0.1) is 27.8 Å². The fourth-order valence-corrected chi connectivity index (χ4v) is 8.73. The van der Waals surface area contributed by atoms with Crippen molar-refractivity contribution in [3.8, 4) is 57.1 Å². The minimum absolute atomic E-state index is 0.0708. The molecule has 0 saturated carbocycles. The minimum atomic E-state index is -1.03. The number of rotatable bonds is 3. The predicted molar refractivity (Wildman–Crippen MR) is 203 cm³/mol. The first-order chi connectivity index (χ1) is 24.9. The van der Waals surface area contributed by atoms with E-state index in [0.717, 1.165) is 22.1 Å². The van der Waals surface area contributed by atoms with E-state index >= 15 is 0 Å². The van der Waals surface area contributed by atoms with E-state index in [1.54, 1.807) is 24.3 Å². The van der Waals surface area contributed by atoms with Gasteiger partial charge in [0, 0.05) is 53.0 Å². The van der Waals surface area contributed by atoms with E-state index in [9.17, 15) is 25.5 Å². The third-order valence-corrected chi connectivity index (χ3v) is 10.9. The van der Waals surface area contributed by atoms with Gasteiger partial charge >= 0.3 is 0 Å². The molecule has 0 fully saturated rings. The molecule has 3 heterocycles. The lowest BCUT2D eigenvalue weighted by Crippen LogP contribution is -1.98. The second-order valence-electron chi connectivity index (χ2n) is 12.5. The molecule has 0 aliphatic heterocycles. The van der Waals surface area contributed by atoms with E-state index in [2.05, 4.69) is 77.4 Å². The second kappa shape index (κ2) is 10.6. The summed E-state index contributed by atoms with van der Waals surface area (Å²) in [6.07, 6.45) is 0. The number of benzene rings is 7. The van der Waals surface area contributed by atoms with Crippen LogP contribution in [0.25, 0.3) is 92.0 Å². The number of hydrogen-bond donors (Lipinski definition) is 5. The van der Waals surface area contributed by atoms with E-state index in [4.69, 9.17) is 9.97 Å². The lowest BCUT2D eigenvalue weighted by atomic mass is 10.00. The van der Waals surface area contributed by atoms with E-state index in [1.165, 1.54) is 36.3 Å². The zero-order valence-electron chi connectivity index (χ0n) is 26.5. The Morgan fingerprint density at radius 1 is 0.490 bits per heavy atom. The molecule has 0 saturated heterocycles. The number of nitrogens with zero attached hydrogens (tertiary/aromatic N) is 3. The maximum atomic E-state index is 10.8. The highest BCUT2D eigenvalue weighted by molar-refractivity contribution is 7.27. The molecule has 7 aromatic carbocycles. The number of phenolic OH excluding ortho intramolecular Hbond substituents is 5. The van der Waals surface area contributed by atoms with Gasteiger partial charge in [-0.05, 0) is 47.9 Å². The summed E-state index contributed by atoms with van der Waals surface area (Å²) in [5.41, 5.74) is 4.06. The largest absolute Gasteiger partial charge is 0.504 e. The molecular formula is C42H25N3O5S. The molecule has 0 aliphatic carbocycles. The fourth-order valence-electron chi connectivity index (χ4n) is 7.46. The van der Waals surface area contributed by atoms with Crippen LogP contribution in [-0.2, 0) is 0 Å². The van der Waals surface area contributed by atoms with Crippen molar-refractivity contribution in [2.75, 3.05) is 0 Å². The van der Waals surface area contributed by atoms with Crippen molar-refractivity contribution in [1.82, 2.24) is 14.5 Å². The molecule has 10 rings (SSSR count). The quantitative estimate of drug-likeness (QED) is 0.0925. The standard InChI is InChI=1S/C42H25N3O5S/c46-36-33(37(47)39(49)40(50)38(36)48)34-25-11-3-6-14-28(25)43-42(44-34)21-17-19-22(20-18-21)45-29-15-7-4-12-26(29)32-35(45)24-10-2-1-9-23(24)31-27-13-5-8-16-30(27)51-41(31)32/h1-20,46-50H. The van der Waals surface area contributed by atoms with Crippen LogP contribution < -0.4 is 0 Å². The van der Waals surface area contributed by atoms with Crippen LogP contribution in [0.5, 0.6) is 28.7 Å². The number of para-hydroxylation sites is 2. The van der Waals surface area contributed by atoms with Gasteiger partial charge in [-0.3, -0.25) is 0 Å². The van der Waals surface area contributed by atoms with E-state index < -0.39 is 28.7 Å². The molecule has 0 atom stereocenters. The molecule has 0 spiro atoms. The van der Waals surface area contributed by atoms with Crippen LogP contribution in [0.4, 0.5) is 0 Å². The van der Waals surface area contributed by atoms with Gasteiger partial charge in [0.15, 0.2) is 17.3 Å². The van der Waals surface area contributed by atoms with Crippen LogP contribution in [0.2, 0.25) is 0 Å². The van der Waals surface area contributed by atoms with Crippen molar-refractivity contribution in [3.63, 3.8) is 0 Å². The summed E-state index contributed by atoms with van der Waals surface area (Å²) in [6.45, 7) is 0. The van der Waals surface area contributed by atoms with Gasteiger partial charge in [-0.2, -0.15) is 0 Å². The topological polar surface area (TPSA) is 132 Å². The molecule has 0 bridgehead atoms. The summed E-state index contributed by atoms with van der Waals surface area (Å²) in [5.74, 6) is -4.32. The highest BCUT2D eigenvalue weighted by atomic mass is 32.1. The molecule has 244 valence electrons. The fraction of sp³-hybridized carbons (Fsp3) is 0. The van der Waals surface area contributed by atoms with E-state index in [-0.39, 0.29) is 11.3 Å². The molecule has 0 unspecified atom stereocenters. The van der Waals surface area contributed by atoms with Crippen LogP contribution in [0.15, 0.2) is 121 Å². The first kappa shape index (κ1) is 29.1. The van der Waals surface area contributed by atoms with Crippen molar-refractivity contribution in [1.29, 1.82) is 0 Å². The first-order valence-electron chi connectivity index (χ1n) is 16.2. The lowest BCUT2D eigenvalue weighted by Gasteiger charge is -2.15. The summed E-state index contributed by atoms with van der Waals surface area (Å²) in [7, 11) is 0. The Balaban J connectivity index is 1.21. The van der Waals surface area contributed by atoms with Crippen molar-refractivity contribution < 1.29 is 25.5 Å². The van der Waals surface area contributed by atoms with Crippen LogP contribution in [0, 0.1) is 0 Å². The summed E-state index contributed by atoms with van der Waals surface area (Å²) < 4.78 is 4.82. The molecule has 0 radical (unpaired) electrons. The molecule has 0 aliphatic rings. The van der Waals surface area contributed by atoms with E-state index in [1.807, 2.05) is 35.6 Å². The normalized spacial score (nSPS) is 11.9. The van der Waals surface area contributed by atoms with Crippen LogP contribution in [0.3, 0.4) is 0 Å². The number of fused-ring (bicyclic) bond motifs is 11. The van der Waals surface area contributed by atoms with Gasteiger partial charge in [-0.1, -0.05) is 78.9 Å². The van der Waals surface area contributed by atoms with Crippen molar-refractivity contribution in [2.24, 2.45) is 0 Å². The van der Waals surface area contributed by atoms with Gasteiger partial charge in [-0.25, -0.2) is 9.97 Å². The summed E-state index contributed by atoms with van der Waals surface area (Å²) >= 11 is 1.82. The molecule has 8 nitrogen and oxygen atoms in total. The second-order valence-corrected chi connectivity index (χ2v) is 13.6. The summed E-state index contributed by atoms with van der Waals surface area (Å²) in [5, 5.41) is 60.0.